The number of Topliss-reactive ketones (excluding diaryl/α,β-unsaturated/α-hetero) is 1. The summed E-state index contributed by atoms with van der Waals surface area (Å²) in [5.41, 5.74) is 0.723. The van der Waals surface area contributed by atoms with Crippen LogP contribution in [0.4, 0.5) is 0 Å². The van der Waals surface area contributed by atoms with Gasteiger partial charge in [-0.2, -0.15) is 0 Å². The van der Waals surface area contributed by atoms with Crippen LogP contribution in [0.2, 0.25) is 5.02 Å². The lowest BCUT2D eigenvalue weighted by Crippen LogP contribution is -2.01. The second-order valence-corrected chi connectivity index (χ2v) is 3.63. The molecule has 0 aliphatic heterocycles. The number of benzene rings is 1. The molecule has 0 aliphatic rings. The Hall–Kier alpha value is -1.58. The maximum atomic E-state index is 11.2. The number of hydrogen-bond donors (Lipinski definition) is 1. The summed E-state index contributed by atoms with van der Waals surface area (Å²) >= 11 is 5.99. The molecule has 0 amide bonds. The minimum Gasteiger partial charge on any atom is -0.453 e. The average molecular weight is 237 g/mol. The summed E-state index contributed by atoms with van der Waals surface area (Å²) in [6.45, 7) is -0.560. The van der Waals surface area contributed by atoms with E-state index in [1.54, 1.807) is 18.2 Å². The minimum atomic E-state index is -0.560. The lowest BCUT2D eigenvalue weighted by molar-refractivity contribution is 0.0876. The molecule has 1 N–H and O–H groups in total. The predicted molar refractivity (Wildman–Crippen MR) is 60.6 cm³/mol. The van der Waals surface area contributed by atoms with E-state index in [-0.39, 0.29) is 5.76 Å². The molecule has 3 nitrogen and oxygen atoms in total. The van der Waals surface area contributed by atoms with E-state index in [0.29, 0.717) is 10.8 Å². The quantitative estimate of drug-likeness (QED) is 0.834. The molecule has 0 bridgehead atoms. The van der Waals surface area contributed by atoms with Crippen LogP contribution in [-0.2, 0) is 0 Å². The highest BCUT2D eigenvalue weighted by molar-refractivity contribution is 6.33. The Balaban J connectivity index is 2.39. The molecule has 16 heavy (non-hydrogen) atoms. The highest BCUT2D eigenvalue weighted by Crippen LogP contribution is 2.28. The van der Waals surface area contributed by atoms with Gasteiger partial charge in [0.2, 0.25) is 5.78 Å². The van der Waals surface area contributed by atoms with Crippen molar-refractivity contribution in [1.82, 2.24) is 0 Å². The summed E-state index contributed by atoms with van der Waals surface area (Å²) in [5.74, 6) is 0.207. The number of rotatable bonds is 3. The monoisotopic (exact) mass is 236 g/mol. The Morgan fingerprint density at radius 3 is 2.69 bits per heavy atom. The smallest absolute Gasteiger partial charge is 0.223 e. The number of carbonyl (C=O) groups is 1. The van der Waals surface area contributed by atoms with Crippen molar-refractivity contribution in [2.75, 3.05) is 6.61 Å². The van der Waals surface area contributed by atoms with E-state index in [1.807, 2.05) is 12.1 Å². The van der Waals surface area contributed by atoms with Crippen LogP contribution in [0.5, 0.6) is 0 Å². The van der Waals surface area contributed by atoms with Crippen molar-refractivity contribution in [2.45, 2.75) is 0 Å². The molecule has 0 aliphatic carbocycles. The average Bonchev–Trinajstić information content (AvgIpc) is 2.78. The largest absolute Gasteiger partial charge is 0.453 e. The van der Waals surface area contributed by atoms with Crippen LogP contribution < -0.4 is 0 Å². The van der Waals surface area contributed by atoms with Crippen LogP contribution in [-0.4, -0.2) is 17.5 Å². The molecule has 0 radical (unpaired) electrons. The summed E-state index contributed by atoms with van der Waals surface area (Å²) in [4.78, 5) is 11.2. The highest BCUT2D eigenvalue weighted by Gasteiger charge is 2.12. The van der Waals surface area contributed by atoms with Gasteiger partial charge in [0.05, 0.1) is 5.02 Å². The van der Waals surface area contributed by atoms with Gasteiger partial charge in [-0.1, -0.05) is 23.7 Å². The summed E-state index contributed by atoms with van der Waals surface area (Å²) in [6, 6.07) is 10.4. The van der Waals surface area contributed by atoms with Gasteiger partial charge < -0.3 is 9.52 Å². The van der Waals surface area contributed by atoms with Crippen molar-refractivity contribution in [2.24, 2.45) is 0 Å². The van der Waals surface area contributed by atoms with Crippen LogP contribution in [0.3, 0.4) is 0 Å². The van der Waals surface area contributed by atoms with Crippen molar-refractivity contribution in [3.63, 3.8) is 0 Å². The zero-order valence-electron chi connectivity index (χ0n) is 8.31. The van der Waals surface area contributed by atoms with E-state index in [2.05, 4.69) is 0 Å². The van der Waals surface area contributed by atoms with Crippen molar-refractivity contribution < 1.29 is 14.3 Å². The first-order valence-corrected chi connectivity index (χ1v) is 5.09. The molecule has 1 aromatic carbocycles. The van der Waals surface area contributed by atoms with E-state index >= 15 is 0 Å². The third-order valence-electron chi connectivity index (χ3n) is 2.16. The number of halogens is 1. The third kappa shape index (κ3) is 2.01. The molecule has 0 saturated carbocycles. The van der Waals surface area contributed by atoms with Gasteiger partial charge in [-0.3, -0.25) is 4.79 Å². The lowest BCUT2D eigenvalue weighted by Gasteiger charge is -1.99. The Kier molecular flexibility index (Phi) is 3.08. The maximum Gasteiger partial charge on any atom is 0.223 e. The van der Waals surface area contributed by atoms with Gasteiger partial charge in [0.15, 0.2) is 5.76 Å². The number of aliphatic hydroxyl groups excluding tert-OH is 1. The molecule has 0 saturated heterocycles. The SMILES string of the molecule is O=C(CO)c1ccc(-c2ccccc2Cl)o1. The number of furan rings is 1. The fraction of sp³-hybridized carbons (Fsp3) is 0.0833. The Labute approximate surface area is 97.3 Å². The number of aliphatic hydroxyl groups is 1. The number of ketones is 1. The Morgan fingerprint density at radius 1 is 1.25 bits per heavy atom. The van der Waals surface area contributed by atoms with Gasteiger partial charge in [-0.05, 0) is 24.3 Å². The number of carbonyl (C=O) groups excluding carboxylic acids is 1. The zero-order chi connectivity index (χ0) is 11.5. The van der Waals surface area contributed by atoms with E-state index in [1.165, 1.54) is 6.07 Å². The molecule has 4 heteroatoms. The van der Waals surface area contributed by atoms with Gasteiger partial charge in [0.25, 0.3) is 0 Å². The second-order valence-electron chi connectivity index (χ2n) is 3.23. The molecular formula is C12H9ClO3. The van der Waals surface area contributed by atoms with Crippen molar-refractivity contribution in [1.29, 1.82) is 0 Å². The first kappa shape index (κ1) is 10.9. The fourth-order valence-corrected chi connectivity index (χ4v) is 1.60. The van der Waals surface area contributed by atoms with Crippen LogP contribution in [0, 0.1) is 0 Å². The molecule has 2 rings (SSSR count). The first-order chi connectivity index (χ1) is 7.72. The van der Waals surface area contributed by atoms with Crippen LogP contribution in [0.15, 0.2) is 40.8 Å². The topological polar surface area (TPSA) is 50.4 Å². The molecule has 82 valence electrons. The normalized spacial score (nSPS) is 10.4. The van der Waals surface area contributed by atoms with Crippen molar-refractivity contribution in [3.05, 3.63) is 47.2 Å². The molecule has 2 aromatic rings. The van der Waals surface area contributed by atoms with Gasteiger partial charge in [-0.25, -0.2) is 0 Å². The summed E-state index contributed by atoms with van der Waals surface area (Å²) in [6.07, 6.45) is 0. The maximum absolute atomic E-state index is 11.2. The second kappa shape index (κ2) is 4.51. The molecular weight excluding hydrogens is 228 g/mol. The zero-order valence-corrected chi connectivity index (χ0v) is 9.07. The Bertz CT molecular complexity index is 516. The van der Waals surface area contributed by atoms with Crippen LogP contribution in [0.1, 0.15) is 10.6 Å². The van der Waals surface area contributed by atoms with Gasteiger partial charge in [0, 0.05) is 5.56 Å². The molecule has 0 atom stereocenters. The number of hydrogen-bond acceptors (Lipinski definition) is 3. The molecule has 1 heterocycles. The van der Waals surface area contributed by atoms with E-state index in [9.17, 15) is 4.79 Å². The summed E-state index contributed by atoms with van der Waals surface area (Å²) in [7, 11) is 0. The van der Waals surface area contributed by atoms with E-state index in [0.717, 1.165) is 5.56 Å². The van der Waals surface area contributed by atoms with Gasteiger partial charge >= 0.3 is 0 Å². The molecule has 0 fully saturated rings. The minimum absolute atomic E-state index is 0.136. The summed E-state index contributed by atoms with van der Waals surface area (Å²) in [5, 5.41) is 9.24. The molecule has 0 unspecified atom stereocenters. The molecule has 1 aromatic heterocycles. The Morgan fingerprint density at radius 2 is 2.00 bits per heavy atom. The highest BCUT2D eigenvalue weighted by atomic mass is 35.5. The molecule has 0 spiro atoms. The van der Waals surface area contributed by atoms with Crippen molar-refractivity contribution >= 4 is 17.4 Å². The lowest BCUT2D eigenvalue weighted by atomic mass is 10.2. The standard InChI is InChI=1S/C12H9ClO3/c13-9-4-2-1-3-8(9)11-5-6-12(16-11)10(15)7-14/h1-6,14H,7H2. The van der Waals surface area contributed by atoms with Crippen LogP contribution >= 0.6 is 11.6 Å². The van der Waals surface area contributed by atoms with Gasteiger partial charge in [0.1, 0.15) is 12.4 Å². The van der Waals surface area contributed by atoms with E-state index < -0.39 is 12.4 Å². The predicted octanol–water partition coefficient (Wildman–Crippen LogP) is 2.78. The van der Waals surface area contributed by atoms with Crippen LogP contribution in [0.25, 0.3) is 11.3 Å². The van der Waals surface area contributed by atoms with Gasteiger partial charge in [-0.15, -0.1) is 0 Å². The summed E-state index contributed by atoms with van der Waals surface area (Å²) < 4.78 is 5.31. The first-order valence-electron chi connectivity index (χ1n) is 4.71. The third-order valence-corrected chi connectivity index (χ3v) is 2.49. The van der Waals surface area contributed by atoms with Crippen molar-refractivity contribution in [3.8, 4) is 11.3 Å². The fourth-order valence-electron chi connectivity index (χ4n) is 1.37. The van der Waals surface area contributed by atoms with E-state index in [4.69, 9.17) is 21.1 Å².